The smallest absolute Gasteiger partial charge is 0.317 e. The summed E-state index contributed by atoms with van der Waals surface area (Å²) < 4.78 is 23.3. The van der Waals surface area contributed by atoms with Gasteiger partial charge < -0.3 is 15.2 Å². The average Bonchev–Trinajstić information content (AvgIpc) is 3.17. The van der Waals surface area contributed by atoms with Crippen molar-refractivity contribution in [2.75, 3.05) is 18.6 Å². The second-order valence-corrected chi connectivity index (χ2v) is 10.3. The highest BCUT2D eigenvalue weighted by Gasteiger charge is 2.33. The van der Waals surface area contributed by atoms with E-state index in [-0.39, 0.29) is 23.9 Å². The molecule has 6 nitrogen and oxygen atoms in total. The van der Waals surface area contributed by atoms with E-state index in [1.165, 1.54) is 28.5 Å². The van der Waals surface area contributed by atoms with Crippen molar-refractivity contribution in [3.05, 3.63) is 35.0 Å². The molecule has 0 radical (unpaired) electrons. The molecule has 2 atom stereocenters. The molecule has 1 aromatic carbocycles. The van der Waals surface area contributed by atoms with Crippen molar-refractivity contribution in [1.29, 1.82) is 0 Å². The number of amides is 2. The van der Waals surface area contributed by atoms with E-state index in [4.69, 9.17) is 0 Å². The molecule has 27 heavy (non-hydrogen) atoms. The summed E-state index contributed by atoms with van der Waals surface area (Å²) in [6.07, 6.45) is 5.50. The van der Waals surface area contributed by atoms with Crippen molar-refractivity contribution in [3.63, 3.8) is 0 Å². The Hall–Kier alpha value is -2.02. The average molecular weight is 390 g/mol. The van der Waals surface area contributed by atoms with Crippen LogP contribution in [0.2, 0.25) is 0 Å². The van der Waals surface area contributed by atoms with E-state index >= 15 is 0 Å². The van der Waals surface area contributed by atoms with E-state index < -0.39 is 9.84 Å². The number of hydrogen-bond donors (Lipinski definition) is 2. The van der Waals surface area contributed by atoms with E-state index in [2.05, 4.69) is 35.4 Å². The topological polar surface area (TPSA) is 82.3 Å². The molecular formula is C20H27N3O3S. The van der Waals surface area contributed by atoms with Gasteiger partial charge >= 0.3 is 6.03 Å². The number of benzene rings is 1. The van der Waals surface area contributed by atoms with Crippen LogP contribution in [-0.2, 0) is 22.7 Å². The van der Waals surface area contributed by atoms with E-state index in [1.807, 2.05) is 0 Å². The van der Waals surface area contributed by atoms with Gasteiger partial charge in [0.2, 0.25) is 0 Å². The summed E-state index contributed by atoms with van der Waals surface area (Å²) in [5.74, 6) is 0.0525. The second-order valence-electron chi connectivity index (χ2n) is 8.10. The van der Waals surface area contributed by atoms with Crippen molar-refractivity contribution in [2.24, 2.45) is 0 Å². The fraction of sp³-hybridized carbons (Fsp3) is 0.550. The van der Waals surface area contributed by atoms with E-state index in [0.717, 1.165) is 37.6 Å². The number of hydrogen-bond acceptors (Lipinski definition) is 3. The van der Waals surface area contributed by atoms with Crippen molar-refractivity contribution >= 4 is 26.8 Å². The van der Waals surface area contributed by atoms with Crippen LogP contribution in [0.1, 0.15) is 36.1 Å². The molecule has 7 heteroatoms. The largest absolute Gasteiger partial charge is 0.358 e. The van der Waals surface area contributed by atoms with Crippen molar-refractivity contribution in [1.82, 2.24) is 15.2 Å². The molecule has 4 rings (SSSR count). The summed E-state index contributed by atoms with van der Waals surface area (Å²) in [5.41, 5.74) is 4.97. The minimum Gasteiger partial charge on any atom is -0.358 e. The SMILES string of the molecule is Cc1ccc2[nH]c3c(c2c1)CC(NC(=O)N1CCC[C@@H]1CS(C)(=O)=O)CC3. The lowest BCUT2D eigenvalue weighted by Gasteiger charge is -2.29. The van der Waals surface area contributed by atoms with Crippen LogP contribution in [0.5, 0.6) is 0 Å². The number of carbonyl (C=O) groups excluding carboxylic acids is 1. The molecule has 2 aromatic rings. The number of urea groups is 1. The third kappa shape index (κ3) is 3.83. The maximum absolute atomic E-state index is 12.8. The highest BCUT2D eigenvalue weighted by molar-refractivity contribution is 7.90. The van der Waals surface area contributed by atoms with Crippen LogP contribution >= 0.6 is 0 Å². The standard InChI is InChI=1S/C20H27N3O3S/c1-13-5-7-18-16(10-13)17-11-14(6-8-19(17)22-18)21-20(24)23-9-3-4-15(23)12-27(2,25)26/h5,7,10,14-15,22H,3-4,6,8-9,11-12H2,1-2H3,(H,21,24)/t14?,15-/m1/s1. The van der Waals surface area contributed by atoms with Crippen LogP contribution in [0.25, 0.3) is 10.9 Å². The maximum Gasteiger partial charge on any atom is 0.317 e. The highest BCUT2D eigenvalue weighted by Crippen LogP contribution is 2.30. The molecule has 1 aromatic heterocycles. The van der Waals surface area contributed by atoms with Crippen LogP contribution in [0.3, 0.4) is 0 Å². The third-order valence-electron chi connectivity index (χ3n) is 5.80. The minimum atomic E-state index is -3.09. The molecular weight excluding hydrogens is 362 g/mol. The number of fused-ring (bicyclic) bond motifs is 3. The number of nitrogens with one attached hydrogen (secondary N) is 2. The first-order valence-electron chi connectivity index (χ1n) is 9.65. The molecule has 2 N–H and O–H groups in total. The zero-order chi connectivity index (χ0) is 19.2. The quantitative estimate of drug-likeness (QED) is 0.846. The summed E-state index contributed by atoms with van der Waals surface area (Å²) in [4.78, 5) is 18.0. The van der Waals surface area contributed by atoms with Gasteiger partial charge in [-0.2, -0.15) is 0 Å². The maximum atomic E-state index is 12.8. The van der Waals surface area contributed by atoms with Gasteiger partial charge in [0.1, 0.15) is 9.84 Å². The summed E-state index contributed by atoms with van der Waals surface area (Å²) >= 11 is 0. The fourth-order valence-corrected chi connectivity index (χ4v) is 5.58. The highest BCUT2D eigenvalue weighted by atomic mass is 32.2. The number of aromatic nitrogens is 1. The lowest BCUT2D eigenvalue weighted by Crippen LogP contribution is -2.49. The number of nitrogens with zero attached hydrogens (tertiary/aromatic N) is 1. The first kappa shape index (κ1) is 18.3. The summed E-state index contributed by atoms with van der Waals surface area (Å²) in [7, 11) is -3.09. The Kier molecular flexibility index (Phi) is 4.66. The van der Waals surface area contributed by atoms with Gasteiger partial charge in [-0.25, -0.2) is 13.2 Å². The Labute approximate surface area is 160 Å². The number of carbonyl (C=O) groups is 1. The summed E-state index contributed by atoms with van der Waals surface area (Å²) in [6.45, 7) is 2.73. The molecule has 1 unspecified atom stereocenters. The lowest BCUT2D eigenvalue weighted by atomic mass is 9.91. The monoisotopic (exact) mass is 389 g/mol. The Balaban J connectivity index is 1.47. The molecule has 1 saturated heterocycles. The molecule has 1 aliphatic carbocycles. The molecule has 0 saturated carbocycles. The zero-order valence-corrected chi connectivity index (χ0v) is 16.7. The van der Waals surface area contributed by atoms with Gasteiger partial charge in [-0.1, -0.05) is 11.6 Å². The van der Waals surface area contributed by atoms with Crippen LogP contribution in [0, 0.1) is 6.92 Å². The second kappa shape index (κ2) is 6.86. The van der Waals surface area contributed by atoms with Crippen LogP contribution in [0.4, 0.5) is 4.79 Å². The predicted octanol–water partition coefficient (Wildman–Crippen LogP) is 2.55. The van der Waals surface area contributed by atoms with Gasteiger partial charge in [0.25, 0.3) is 0 Å². The number of aryl methyl sites for hydroxylation is 2. The van der Waals surface area contributed by atoms with Gasteiger partial charge in [0.05, 0.1) is 5.75 Å². The van der Waals surface area contributed by atoms with Crippen LogP contribution < -0.4 is 5.32 Å². The van der Waals surface area contributed by atoms with E-state index in [1.54, 1.807) is 4.90 Å². The van der Waals surface area contributed by atoms with Crippen molar-refractivity contribution in [3.8, 4) is 0 Å². The molecule has 2 aliphatic rings. The fourth-order valence-electron chi connectivity index (χ4n) is 4.54. The van der Waals surface area contributed by atoms with Gasteiger partial charge in [0.15, 0.2) is 0 Å². The molecule has 2 amide bonds. The van der Waals surface area contributed by atoms with Gasteiger partial charge in [-0.15, -0.1) is 0 Å². The van der Waals surface area contributed by atoms with Gasteiger partial charge in [0, 0.05) is 41.5 Å². The Morgan fingerprint density at radius 1 is 1.33 bits per heavy atom. The van der Waals surface area contributed by atoms with Gasteiger partial charge in [-0.3, -0.25) is 0 Å². The predicted molar refractivity (Wildman–Crippen MR) is 107 cm³/mol. The minimum absolute atomic E-state index is 0.0525. The normalized spacial score (nSPS) is 22.8. The third-order valence-corrected chi connectivity index (χ3v) is 6.79. The number of sulfone groups is 1. The first-order valence-corrected chi connectivity index (χ1v) is 11.7. The van der Waals surface area contributed by atoms with E-state index in [0.29, 0.717) is 6.54 Å². The number of H-pyrrole nitrogens is 1. The number of aromatic amines is 1. The zero-order valence-electron chi connectivity index (χ0n) is 15.9. The molecule has 2 heterocycles. The number of likely N-dealkylation sites (tertiary alicyclic amines) is 1. The first-order chi connectivity index (χ1) is 12.8. The van der Waals surface area contributed by atoms with Crippen LogP contribution in [-0.4, -0.2) is 55.0 Å². The molecule has 1 fully saturated rings. The molecule has 146 valence electrons. The molecule has 1 aliphatic heterocycles. The van der Waals surface area contributed by atoms with Crippen molar-refractivity contribution < 1.29 is 13.2 Å². The summed E-state index contributed by atoms with van der Waals surface area (Å²) in [6, 6.07) is 6.21. The number of rotatable bonds is 3. The Bertz CT molecular complexity index is 980. The molecule has 0 spiro atoms. The summed E-state index contributed by atoms with van der Waals surface area (Å²) in [5, 5.41) is 4.41. The van der Waals surface area contributed by atoms with E-state index in [9.17, 15) is 13.2 Å². The lowest BCUT2D eigenvalue weighted by molar-refractivity contribution is 0.191. The van der Waals surface area contributed by atoms with Crippen LogP contribution in [0.15, 0.2) is 18.2 Å². The Morgan fingerprint density at radius 2 is 2.15 bits per heavy atom. The Morgan fingerprint density at radius 3 is 2.93 bits per heavy atom. The van der Waals surface area contributed by atoms with Crippen molar-refractivity contribution in [2.45, 2.75) is 51.1 Å². The molecule has 0 bridgehead atoms. The van der Waals surface area contributed by atoms with Gasteiger partial charge in [-0.05, 0) is 56.7 Å².